The minimum Gasteiger partial charge on any atom is -0.497 e. The van der Waals surface area contributed by atoms with Crippen molar-refractivity contribution in [1.82, 2.24) is 10.2 Å². The van der Waals surface area contributed by atoms with Gasteiger partial charge in [0, 0.05) is 18.1 Å². The molecule has 3 aromatic rings. The lowest BCUT2D eigenvalue weighted by atomic mass is 10.1. The van der Waals surface area contributed by atoms with Crippen molar-refractivity contribution < 1.29 is 22.7 Å². The molecule has 0 unspecified atom stereocenters. The molecule has 214 valence electrons. The molecule has 0 aromatic heterocycles. The molecule has 10 heteroatoms. The minimum absolute atomic E-state index is 0.0236. The molecule has 0 radical (unpaired) electrons. The molecule has 0 bridgehead atoms. The van der Waals surface area contributed by atoms with Crippen molar-refractivity contribution in [1.29, 1.82) is 0 Å². The Hall–Kier alpha value is -3.56. The van der Waals surface area contributed by atoms with Gasteiger partial charge in [-0.15, -0.1) is 0 Å². The molecule has 1 N–H and O–H groups in total. The lowest BCUT2D eigenvalue weighted by Crippen LogP contribution is -2.51. The predicted molar refractivity (Wildman–Crippen MR) is 158 cm³/mol. The van der Waals surface area contributed by atoms with Crippen LogP contribution in [0.2, 0.25) is 5.02 Å². The number of halogens is 1. The number of hydrogen-bond donors (Lipinski definition) is 1. The Balaban J connectivity index is 2.02. The summed E-state index contributed by atoms with van der Waals surface area (Å²) in [5, 5.41) is 3.30. The summed E-state index contributed by atoms with van der Waals surface area (Å²) in [7, 11) is -2.64. The number of carbonyl (C=O) groups is 2. The number of aryl methyl sites for hydroxylation is 1. The maximum Gasteiger partial charge on any atom is 0.264 e. The van der Waals surface area contributed by atoms with E-state index in [0.29, 0.717) is 22.9 Å². The molecule has 0 fully saturated rings. The summed E-state index contributed by atoms with van der Waals surface area (Å²) >= 11 is 6.40. The van der Waals surface area contributed by atoms with E-state index in [1.807, 2.05) is 20.8 Å². The topological polar surface area (TPSA) is 96.0 Å². The lowest BCUT2D eigenvalue weighted by molar-refractivity contribution is -0.139. The van der Waals surface area contributed by atoms with Crippen LogP contribution in [0.1, 0.15) is 31.9 Å². The first kappa shape index (κ1) is 31.0. The maximum absolute atomic E-state index is 14.0. The van der Waals surface area contributed by atoms with E-state index in [9.17, 15) is 18.0 Å². The average Bonchev–Trinajstić information content (AvgIpc) is 2.94. The molecule has 0 aliphatic carbocycles. The van der Waals surface area contributed by atoms with Gasteiger partial charge >= 0.3 is 0 Å². The third-order valence-corrected chi connectivity index (χ3v) is 8.56. The normalized spacial score (nSPS) is 12.1. The summed E-state index contributed by atoms with van der Waals surface area (Å²) in [6, 6.07) is 19.0. The molecule has 3 rings (SSSR count). The summed E-state index contributed by atoms with van der Waals surface area (Å²) < 4.78 is 34.0. The van der Waals surface area contributed by atoms with Gasteiger partial charge in [-0.2, -0.15) is 0 Å². The van der Waals surface area contributed by atoms with Gasteiger partial charge in [-0.05, 0) is 67.8 Å². The monoisotopic (exact) mass is 585 g/mol. The van der Waals surface area contributed by atoms with E-state index in [1.165, 1.54) is 24.1 Å². The minimum atomic E-state index is -4.15. The highest BCUT2D eigenvalue weighted by atomic mass is 35.5. The molecule has 3 aromatic carbocycles. The molecule has 40 heavy (non-hydrogen) atoms. The zero-order valence-corrected chi connectivity index (χ0v) is 25.0. The zero-order valence-electron chi connectivity index (χ0n) is 23.4. The van der Waals surface area contributed by atoms with E-state index in [-0.39, 0.29) is 29.0 Å². The van der Waals surface area contributed by atoms with Crippen LogP contribution in [0.15, 0.2) is 77.7 Å². The van der Waals surface area contributed by atoms with Crippen molar-refractivity contribution in [2.75, 3.05) is 24.5 Å². The quantitative estimate of drug-likeness (QED) is 0.321. The smallest absolute Gasteiger partial charge is 0.264 e. The summed E-state index contributed by atoms with van der Waals surface area (Å²) in [6.45, 7) is 7.36. The Kier molecular flexibility index (Phi) is 10.6. The number of carbonyl (C=O) groups excluding carboxylic acids is 2. The summed E-state index contributed by atoms with van der Waals surface area (Å²) in [5.41, 5.74) is 1.82. The van der Waals surface area contributed by atoms with Crippen molar-refractivity contribution in [2.45, 2.75) is 45.2 Å². The highest BCUT2D eigenvalue weighted by molar-refractivity contribution is 7.92. The van der Waals surface area contributed by atoms with E-state index < -0.39 is 28.5 Å². The summed E-state index contributed by atoms with van der Waals surface area (Å²) in [4.78, 5) is 28.4. The molecule has 8 nitrogen and oxygen atoms in total. The highest BCUT2D eigenvalue weighted by Gasteiger charge is 2.32. The van der Waals surface area contributed by atoms with Crippen LogP contribution in [0.25, 0.3) is 0 Å². The maximum atomic E-state index is 14.0. The lowest BCUT2D eigenvalue weighted by Gasteiger charge is -2.32. The zero-order chi connectivity index (χ0) is 29.4. The van der Waals surface area contributed by atoms with E-state index in [0.717, 1.165) is 9.87 Å². The number of benzene rings is 3. The summed E-state index contributed by atoms with van der Waals surface area (Å²) in [6.07, 6.45) is 0. The fourth-order valence-electron chi connectivity index (χ4n) is 3.96. The Bertz CT molecular complexity index is 1410. The van der Waals surface area contributed by atoms with Gasteiger partial charge in [0.2, 0.25) is 11.8 Å². The molecule has 0 saturated heterocycles. The molecule has 0 spiro atoms. The Morgan fingerprint density at radius 2 is 1.57 bits per heavy atom. The molecule has 2 amide bonds. The van der Waals surface area contributed by atoms with Crippen molar-refractivity contribution >= 4 is 39.1 Å². The molecule has 0 aliphatic rings. The second-order valence-electron chi connectivity index (χ2n) is 9.95. The molecule has 0 heterocycles. The first-order valence-electron chi connectivity index (χ1n) is 13.0. The van der Waals surface area contributed by atoms with E-state index >= 15 is 0 Å². The standard InChI is InChI=1S/C30H36ClN3O5S/c1-21(2)18-32-30(36)23(4)33(19-24-8-6-7-9-28(24)31)29(35)20-34(25-12-14-26(39-5)15-13-25)40(37,38)27-16-10-22(3)11-17-27/h6-17,21,23H,18-20H2,1-5H3,(H,32,36)/t23-/m0/s1. The van der Waals surface area contributed by atoms with Crippen LogP contribution < -0.4 is 14.4 Å². The van der Waals surface area contributed by atoms with Crippen LogP contribution >= 0.6 is 11.6 Å². The van der Waals surface area contributed by atoms with Crippen LogP contribution in [0, 0.1) is 12.8 Å². The predicted octanol–water partition coefficient (Wildman–Crippen LogP) is 5.04. The number of methoxy groups -OCH3 is 1. The third-order valence-electron chi connectivity index (χ3n) is 6.40. The fourth-order valence-corrected chi connectivity index (χ4v) is 5.57. The van der Waals surface area contributed by atoms with Gasteiger partial charge in [-0.25, -0.2) is 8.42 Å². The average molecular weight is 586 g/mol. The van der Waals surface area contributed by atoms with Gasteiger partial charge in [0.1, 0.15) is 18.3 Å². The Labute approximate surface area is 241 Å². The number of nitrogens with zero attached hydrogens (tertiary/aromatic N) is 2. The number of ether oxygens (including phenoxy) is 1. The van der Waals surface area contributed by atoms with Gasteiger partial charge in [0.15, 0.2) is 0 Å². The van der Waals surface area contributed by atoms with Gasteiger partial charge in [-0.3, -0.25) is 13.9 Å². The first-order chi connectivity index (χ1) is 18.9. The number of amides is 2. The van der Waals surface area contributed by atoms with Crippen molar-refractivity contribution in [2.24, 2.45) is 5.92 Å². The van der Waals surface area contributed by atoms with Crippen molar-refractivity contribution in [3.63, 3.8) is 0 Å². The summed E-state index contributed by atoms with van der Waals surface area (Å²) in [5.74, 6) is -0.141. The molecule has 1 atom stereocenters. The van der Waals surface area contributed by atoms with Crippen LogP contribution in [0.3, 0.4) is 0 Å². The molecular weight excluding hydrogens is 550 g/mol. The van der Waals surface area contributed by atoms with Crippen LogP contribution in [-0.2, 0) is 26.2 Å². The fraction of sp³-hybridized carbons (Fsp3) is 0.333. The second kappa shape index (κ2) is 13.7. The van der Waals surface area contributed by atoms with Gasteiger partial charge < -0.3 is 15.0 Å². The van der Waals surface area contributed by atoms with Crippen LogP contribution in [0.5, 0.6) is 5.75 Å². The van der Waals surface area contributed by atoms with E-state index in [4.69, 9.17) is 16.3 Å². The van der Waals surface area contributed by atoms with Gasteiger partial charge in [-0.1, -0.05) is 61.3 Å². The SMILES string of the molecule is COc1ccc(N(CC(=O)N(Cc2ccccc2Cl)[C@@H](C)C(=O)NCC(C)C)S(=O)(=O)c2ccc(C)cc2)cc1. The molecule has 0 aliphatic heterocycles. The second-order valence-corrected chi connectivity index (χ2v) is 12.2. The van der Waals surface area contributed by atoms with Gasteiger partial charge in [0.25, 0.3) is 10.0 Å². The number of sulfonamides is 1. The highest BCUT2D eigenvalue weighted by Crippen LogP contribution is 2.27. The largest absolute Gasteiger partial charge is 0.497 e. The molecular formula is C30H36ClN3O5S. The number of nitrogens with one attached hydrogen (secondary N) is 1. The van der Waals surface area contributed by atoms with Crippen LogP contribution in [-0.4, -0.2) is 51.4 Å². The molecule has 0 saturated carbocycles. The van der Waals surface area contributed by atoms with Crippen LogP contribution in [0.4, 0.5) is 5.69 Å². The Morgan fingerprint density at radius 3 is 2.15 bits per heavy atom. The van der Waals surface area contributed by atoms with Crippen molar-refractivity contribution in [3.05, 3.63) is 88.9 Å². The first-order valence-corrected chi connectivity index (χ1v) is 14.8. The van der Waals surface area contributed by atoms with E-state index in [2.05, 4.69) is 5.32 Å². The van der Waals surface area contributed by atoms with Gasteiger partial charge in [0.05, 0.1) is 17.7 Å². The number of anilines is 1. The number of hydrogen-bond acceptors (Lipinski definition) is 5. The Morgan fingerprint density at radius 1 is 0.950 bits per heavy atom. The van der Waals surface area contributed by atoms with E-state index in [1.54, 1.807) is 67.6 Å². The third kappa shape index (κ3) is 7.76. The van der Waals surface area contributed by atoms with Crippen molar-refractivity contribution in [3.8, 4) is 5.75 Å². The number of rotatable bonds is 12.